The van der Waals surface area contributed by atoms with Crippen molar-refractivity contribution in [3.05, 3.63) is 66.0 Å². The van der Waals surface area contributed by atoms with Crippen LogP contribution in [0.2, 0.25) is 0 Å². The van der Waals surface area contributed by atoms with Crippen LogP contribution in [-0.2, 0) is 16.2 Å². The molecule has 0 aliphatic carbocycles. The summed E-state index contributed by atoms with van der Waals surface area (Å²) in [6.45, 7) is 0. The molecule has 10 heteroatoms. The lowest BCUT2D eigenvalue weighted by molar-refractivity contribution is -0.137. The highest BCUT2D eigenvalue weighted by atomic mass is 32.2. The highest BCUT2D eigenvalue weighted by Gasteiger charge is 2.34. The van der Waals surface area contributed by atoms with Gasteiger partial charge in [-0.25, -0.2) is 8.42 Å². The largest absolute Gasteiger partial charge is 0.417 e. The number of anilines is 1. The first-order chi connectivity index (χ1) is 12.7. The van der Waals surface area contributed by atoms with Crippen LogP contribution in [0.3, 0.4) is 0 Å². The summed E-state index contributed by atoms with van der Waals surface area (Å²) in [4.78, 5) is -0.444. The highest BCUT2D eigenvalue weighted by Crippen LogP contribution is 2.33. The minimum absolute atomic E-state index is 0.215. The molecule has 0 amide bonds. The van der Waals surface area contributed by atoms with Gasteiger partial charge in [0.1, 0.15) is 0 Å². The minimum atomic E-state index is -4.75. The molecule has 1 heterocycles. The van der Waals surface area contributed by atoms with Gasteiger partial charge in [-0.15, -0.1) is 0 Å². The number of H-pyrrole nitrogens is 1. The van der Waals surface area contributed by atoms with E-state index in [2.05, 4.69) is 14.9 Å². The Labute approximate surface area is 152 Å². The second kappa shape index (κ2) is 6.77. The number of nitrogens with zero attached hydrogens (tertiary/aromatic N) is 2. The summed E-state index contributed by atoms with van der Waals surface area (Å²) in [6.07, 6.45) is -1.56. The Morgan fingerprint density at radius 2 is 1.89 bits per heavy atom. The monoisotopic (exact) mass is 392 g/mol. The van der Waals surface area contributed by atoms with Gasteiger partial charge < -0.3 is 0 Å². The Bertz CT molecular complexity index is 1120. The lowest BCUT2D eigenvalue weighted by Gasteiger charge is -2.12. The smallest absolute Gasteiger partial charge is 0.285 e. The summed E-state index contributed by atoms with van der Waals surface area (Å²) < 4.78 is 65.9. The number of benzene rings is 2. The number of aromatic amines is 1. The minimum Gasteiger partial charge on any atom is -0.285 e. The van der Waals surface area contributed by atoms with Crippen molar-refractivity contribution in [2.45, 2.75) is 11.1 Å². The summed E-state index contributed by atoms with van der Waals surface area (Å²) in [5.74, 6) is 0. The van der Waals surface area contributed by atoms with Crippen LogP contribution in [0.5, 0.6) is 0 Å². The Kier molecular flexibility index (Phi) is 4.63. The fraction of sp³-hybridized carbons (Fsp3) is 0.0588. The molecule has 1 aromatic heterocycles. The van der Waals surface area contributed by atoms with E-state index in [0.29, 0.717) is 17.7 Å². The summed E-state index contributed by atoms with van der Waals surface area (Å²) in [6, 6.07) is 9.89. The lowest BCUT2D eigenvalue weighted by Crippen LogP contribution is -2.15. The van der Waals surface area contributed by atoms with E-state index in [4.69, 9.17) is 5.26 Å². The summed E-state index contributed by atoms with van der Waals surface area (Å²) >= 11 is 0. The fourth-order valence-electron chi connectivity index (χ4n) is 2.42. The van der Waals surface area contributed by atoms with Crippen LogP contribution in [0.15, 0.2) is 59.8 Å². The number of nitriles is 1. The number of rotatable bonds is 4. The maximum Gasteiger partial charge on any atom is 0.417 e. The Balaban J connectivity index is 1.94. The molecular weight excluding hydrogens is 381 g/mol. The topological polar surface area (TPSA) is 98.6 Å². The Hall–Kier alpha value is -3.32. The summed E-state index contributed by atoms with van der Waals surface area (Å²) in [7, 11) is -4.19. The number of halogens is 3. The van der Waals surface area contributed by atoms with Crippen LogP contribution >= 0.6 is 0 Å². The molecular formula is C17H11F3N4O2S. The number of hydrogen-bond donors (Lipinski definition) is 2. The number of sulfonamides is 1. The Morgan fingerprint density at radius 1 is 1.11 bits per heavy atom. The normalized spacial score (nSPS) is 11.8. The van der Waals surface area contributed by atoms with Crippen LogP contribution < -0.4 is 4.72 Å². The van der Waals surface area contributed by atoms with E-state index >= 15 is 0 Å². The highest BCUT2D eigenvalue weighted by molar-refractivity contribution is 7.92. The van der Waals surface area contributed by atoms with E-state index in [1.165, 1.54) is 12.1 Å². The van der Waals surface area contributed by atoms with Crippen molar-refractivity contribution in [2.75, 3.05) is 4.72 Å². The molecule has 0 saturated carbocycles. The van der Waals surface area contributed by atoms with Crippen molar-refractivity contribution in [1.29, 1.82) is 5.26 Å². The van der Waals surface area contributed by atoms with Crippen molar-refractivity contribution in [1.82, 2.24) is 10.2 Å². The van der Waals surface area contributed by atoms with Gasteiger partial charge in [0, 0.05) is 17.4 Å². The molecule has 0 aliphatic rings. The molecule has 0 bridgehead atoms. The van der Waals surface area contributed by atoms with Crippen LogP contribution in [0.1, 0.15) is 11.1 Å². The number of nitrogens with one attached hydrogen (secondary N) is 2. The quantitative estimate of drug-likeness (QED) is 0.706. The molecule has 0 aliphatic heterocycles. The van der Waals surface area contributed by atoms with Crippen molar-refractivity contribution >= 4 is 15.7 Å². The average molecular weight is 392 g/mol. The lowest BCUT2D eigenvalue weighted by atomic mass is 10.1. The number of aromatic nitrogens is 2. The van der Waals surface area contributed by atoms with Crippen molar-refractivity contribution in [3.8, 4) is 17.2 Å². The molecule has 138 valence electrons. The van der Waals surface area contributed by atoms with E-state index < -0.39 is 32.2 Å². The summed E-state index contributed by atoms with van der Waals surface area (Å²) in [5.41, 5.74) is -0.318. The van der Waals surface area contributed by atoms with Crippen molar-refractivity contribution in [3.63, 3.8) is 0 Å². The van der Waals surface area contributed by atoms with Gasteiger partial charge in [0.15, 0.2) is 0 Å². The first-order valence-corrected chi connectivity index (χ1v) is 8.92. The zero-order valence-electron chi connectivity index (χ0n) is 13.4. The molecule has 3 aromatic rings. The molecule has 0 atom stereocenters. The first kappa shape index (κ1) is 18.5. The zero-order valence-corrected chi connectivity index (χ0v) is 14.3. The van der Waals surface area contributed by atoms with Gasteiger partial charge in [-0.2, -0.15) is 23.5 Å². The first-order valence-electron chi connectivity index (χ1n) is 7.44. The SMILES string of the molecule is N#Cc1cc(S(=O)(=O)Nc2cccc(-c3cn[nH]c3)c2)ccc1C(F)(F)F. The second-order valence-electron chi connectivity index (χ2n) is 5.49. The van der Waals surface area contributed by atoms with Gasteiger partial charge in [0.2, 0.25) is 0 Å². The van der Waals surface area contributed by atoms with Crippen LogP contribution in [0.4, 0.5) is 18.9 Å². The van der Waals surface area contributed by atoms with Gasteiger partial charge in [-0.05, 0) is 35.9 Å². The molecule has 0 saturated heterocycles. The van der Waals surface area contributed by atoms with Crippen molar-refractivity contribution in [2.24, 2.45) is 0 Å². The molecule has 0 fully saturated rings. The van der Waals surface area contributed by atoms with Gasteiger partial charge >= 0.3 is 6.18 Å². The van der Waals surface area contributed by atoms with E-state index in [0.717, 1.165) is 11.6 Å². The molecule has 2 aromatic carbocycles. The van der Waals surface area contributed by atoms with Gasteiger partial charge in [-0.1, -0.05) is 12.1 Å². The van der Waals surface area contributed by atoms with Crippen LogP contribution in [0, 0.1) is 11.3 Å². The van der Waals surface area contributed by atoms with E-state index in [1.807, 2.05) is 0 Å². The molecule has 27 heavy (non-hydrogen) atoms. The molecule has 0 unspecified atom stereocenters. The van der Waals surface area contributed by atoms with Crippen LogP contribution in [-0.4, -0.2) is 18.6 Å². The molecule has 0 radical (unpaired) electrons. The van der Waals surface area contributed by atoms with Gasteiger partial charge in [-0.3, -0.25) is 9.82 Å². The molecule has 6 nitrogen and oxygen atoms in total. The number of alkyl halides is 3. The van der Waals surface area contributed by atoms with E-state index in [1.54, 1.807) is 30.6 Å². The third-order valence-electron chi connectivity index (χ3n) is 3.67. The predicted molar refractivity (Wildman–Crippen MR) is 91.0 cm³/mol. The third-order valence-corrected chi connectivity index (χ3v) is 5.05. The maximum atomic E-state index is 12.9. The van der Waals surface area contributed by atoms with Gasteiger partial charge in [0.05, 0.1) is 28.3 Å². The average Bonchev–Trinajstić information content (AvgIpc) is 3.15. The van der Waals surface area contributed by atoms with E-state index in [-0.39, 0.29) is 5.69 Å². The number of hydrogen-bond acceptors (Lipinski definition) is 4. The van der Waals surface area contributed by atoms with Crippen molar-refractivity contribution < 1.29 is 21.6 Å². The molecule has 0 spiro atoms. The fourth-order valence-corrected chi connectivity index (χ4v) is 3.49. The molecule has 3 rings (SSSR count). The Morgan fingerprint density at radius 3 is 2.52 bits per heavy atom. The third kappa shape index (κ3) is 3.93. The summed E-state index contributed by atoms with van der Waals surface area (Å²) in [5, 5.41) is 15.4. The zero-order chi connectivity index (χ0) is 19.7. The second-order valence-corrected chi connectivity index (χ2v) is 7.17. The molecule has 2 N–H and O–H groups in total. The van der Waals surface area contributed by atoms with Gasteiger partial charge in [0.25, 0.3) is 10.0 Å². The van der Waals surface area contributed by atoms with E-state index in [9.17, 15) is 21.6 Å². The van der Waals surface area contributed by atoms with Crippen LogP contribution in [0.25, 0.3) is 11.1 Å². The predicted octanol–water partition coefficient (Wildman–Crippen LogP) is 3.77. The maximum absolute atomic E-state index is 12.9. The standard InChI is InChI=1S/C17H11F3N4O2S/c18-17(19,20)16-5-4-15(7-12(16)8-21)27(25,26)24-14-3-1-2-11(6-14)13-9-22-23-10-13/h1-7,9-10,24H,(H,22,23).